The lowest BCUT2D eigenvalue weighted by molar-refractivity contribution is -0.692. The molecule has 4 aromatic heterocycles. The van der Waals surface area contributed by atoms with E-state index in [9.17, 15) is 9.13 Å². The Kier molecular flexibility index (Phi) is 9.91. The lowest BCUT2D eigenvalue weighted by Crippen LogP contribution is -2.34. The Morgan fingerprint density at radius 1 is 0.409 bits per heavy atom. The van der Waals surface area contributed by atoms with E-state index in [-0.39, 0.29) is 25.4 Å². The second kappa shape index (κ2) is 13.8. The molecule has 0 aliphatic rings. The van der Waals surface area contributed by atoms with Gasteiger partial charge in [0.2, 0.25) is 0 Å². The van der Waals surface area contributed by atoms with Crippen LogP contribution in [0.2, 0.25) is 0 Å². The Bertz CT molecular complexity index is 1640. The third kappa shape index (κ3) is 9.56. The van der Waals surface area contributed by atoms with Gasteiger partial charge in [0, 0.05) is 59.7 Å². The fourth-order valence-electron chi connectivity index (χ4n) is 4.77. The largest absolute Gasteiger partial charge is 0.331 e. The highest BCUT2D eigenvalue weighted by molar-refractivity contribution is 7.51. The number of aromatic nitrogens is 4. The lowest BCUT2D eigenvalue weighted by Gasteiger charge is -2.04. The quantitative estimate of drug-likeness (QED) is 0.123. The fourth-order valence-corrected chi connectivity index (χ4v) is 5.75. The molecule has 44 heavy (non-hydrogen) atoms. The Labute approximate surface area is 256 Å². The standard InChI is InChI=1S/C32H32N4O6P2/c37-43(38,39)23-21-33-13-5-29(6-14-33)31-9-17-35(18-10-31)25-27-1-2-28(4-3-27)26-36-19-11-32(12-20-36)30-7-15-34(16-8-30)22-24-44(40,41)42/h1-20H,21-26H2/p+4. The summed E-state index contributed by atoms with van der Waals surface area (Å²) in [6.07, 6.45) is 15.2. The minimum Gasteiger partial charge on any atom is -0.324 e. The third-order valence-electron chi connectivity index (χ3n) is 7.28. The highest BCUT2D eigenvalue weighted by atomic mass is 31.2. The minimum atomic E-state index is -4.01. The van der Waals surface area contributed by atoms with Crippen molar-refractivity contribution >= 4 is 15.2 Å². The van der Waals surface area contributed by atoms with Gasteiger partial charge in [-0.1, -0.05) is 24.3 Å². The summed E-state index contributed by atoms with van der Waals surface area (Å²) < 4.78 is 30.0. The second-order valence-corrected chi connectivity index (χ2v) is 14.3. The van der Waals surface area contributed by atoms with Gasteiger partial charge >= 0.3 is 15.2 Å². The molecular weight excluding hydrogens is 598 g/mol. The average Bonchev–Trinajstić information content (AvgIpc) is 3.01. The molecule has 0 unspecified atom stereocenters. The maximum atomic E-state index is 11.1. The molecule has 10 nitrogen and oxygen atoms in total. The summed E-state index contributed by atoms with van der Waals surface area (Å²) in [6.45, 7) is 2.03. The van der Waals surface area contributed by atoms with Crippen LogP contribution < -0.4 is 18.3 Å². The molecule has 5 aromatic rings. The SMILES string of the molecule is O=P(O)(O)CC[n+]1ccc(-c2cc[n+](Cc3ccc(C[n+]4ccc(-c5cc[n+](CCP(=O)(O)O)cc5)cc4)cc3)cc2)cc1. The van der Waals surface area contributed by atoms with Crippen molar-refractivity contribution in [1.29, 1.82) is 0 Å². The molecule has 5 rings (SSSR count). The van der Waals surface area contributed by atoms with Gasteiger partial charge in [0.15, 0.2) is 75.8 Å². The molecule has 4 N–H and O–H groups in total. The summed E-state index contributed by atoms with van der Waals surface area (Å²) in [6, 6.07) is 24.6. The number of hydrogen-bond acceptors (Lipinski definition) is 2. The van der Waals surface area contributed by atoms with Crippen LogP contribution >= 0.6 is 15.2 Å². The van der Waals surface area contributed by atoms with Crippen molar-refractivity contribution in [3.63, 3.8) is 0 Å². The van der Waals surface area contributed by atoms with Crippen LogP contribution in [-0.2, 0) is 35.3 Å². The Morgan fingerprint density at radius 2 is 0.659 bits per heavy atom. The Balaban J connectivity index is 1.13. The lowest BCUT2D eigenvalue weighted by atomic mass is 10.1. The van der Waals surface area contributed by atoms with Crippen LogP contribution in [0.25, 0.3) is 22.3 Å². The van der Waals surface area contributed by atoms with Gasteiger partial charge in [0.25, 0.3) is 0 Å². The Hall–Kier alpha value is -3.88. The van der Waals surface area contributed by atoms with Gasteiger partial charge in [-0.15, -0.1) is 0 Å². The van der Waals surface area contributed by atoms with Crippen LogP contribution in [0.15, 0.2) is 122 Å². The van der Waals surface area contributed by atoms with Gasteiger partial charge in [-0.3, -0.25) is 9.13 Å². The van der Waals surface area contributed by atoms with Gasteiger partial charge in [-0.05, 0) is 22.3 Å². The van der Waals surface area contributed by atoms with Crippen molar-refractivity contribution in [2.75, 3.05) is 12.3 Å². The summed E-state index contributed by atoms with van der Waals surface area (Å²) in [4.78, 5) is 36.3. The zero-order valence-electron chi connectivity index (χ0n) is 24.1. The summed E-state index contributed by atoms with van der Waals surface area (Å²) in [5.41, 5.74) is 6.59. The molecule has 0 aliphatic heterocycles. The van der Waals surface area contributed by atoms with Gasteiger partial charge in [-0.25, -0.2) is 18.3 Å². The maximum absolute atomic E-state index is 11.1. The molecule has 0 spiro atoms. The van der Waals surface area contributed by atoms with E-state index in [4.69, 9.17) is 19.6 Å². The predicted octanol–water partition coefficient (Wildman–Crippen LogP) is 2.62. The number of pyridine rings is 4. The molecule has 12 heteroatoms. The molecular formula is C32H36N4O6P2+4. The van der Waals surface area contributed by atoms with Crippen molar-refractivity contribution in [3.8, 4) is 22.3 Å². The van der Waals surface area contributed by atoms with Crippen LogP contribution in [-0.4, -0.2) is 31.9 Å². The molecule has 0 bridgehead atoms. The predicted molar refractivity (Wildman–Crippen MR) is 163 cm³/mol. The van der Waals surface area contributed by atoms with E-state index < -0.39 is 15.2 Å². The first-order valence-electron chi connectivity index (χ1n) is 14.1. The fraction of sp³-hybridized carbons (Fsp3) is 0.188. The van der Waals surface area contributed by atoms with Crippen LogP contribution in [0, 0.1) is 0 Å². The Morgan fingerprint density at radius 3 is 0.909 bits per heavy atom. The number of benzene rings is 1. The summed E-state index contributed by atoms with van der Waals surface area (Å²) in [7, 11) is -8.03. The highest BCUT2D eigenvalue weighted by Gasteiger charge is 2.17. The van der Waals surface area contributed by atoms with Crippen molar-refractivity contribution in [3.05, 3.63) is 133 Å². The number of rotatable bonds is 12. The normalized spacial score (nSPS) is 11.9. The molecule has 226 valence electrons. The maximum Gasteiger partial charge on any atom is 0.331 e. The van der Waals surface area contributed by atoms with Gasteiger partial charge in [0.05, 0.1) is 0 Å². The van der Waals surface area contributed by atoms with E-state index in [0.717, 1.165) is 35.3 Å². The van der Waals surface area contributed by atoms with E-state index in [1.165, 1.54) is 11.1 Å². The smallest absolute Gasteiger partial charge is 0.324 e. The van der Waals surface area contributed by atoms with Crippen molar-refractivity contribution in [1.82, 2.24) is 0 Å². The zero-order valence-corrected chi connectivity index (χ0v) is 25.9. The van der Waals surface area contributed by atoms with Crippen LogP contribution in [0.1, 0.15) is 11.1 Å². The first kappa shape index (κ1) is 31.5. The van der Waals surface area contributed by atoms with Crippen LogP contribution in [0.5, 0.6) is 0 Å². The van der Waals surface area contributed by atoms with Crippen LogP contribution in [0.4, 0.5) is 0 Å². The summed E-state index contributed by atoms with van der Waals surface area (Å²) in [5, 5.41) is 0. The third-order valence-corrected chi connectivity index (χ3v) is 8.85. The molecule has 0 fully saturated rings. The number of nitrogens with zero attached hydrogens (tertiary/aromatic N) is 4. The molecule has 0 atom stereocenters. The van der Waals surface area contributed by atoms with Crippen LogP contribution in [0.3, 0.4) is 0 Å². The molecule has 0 radical (unpaired) electrons. The molecule has 0 saturated heterocycles. The minimum absolute atomic E-state index is 0.180. The zero-order chi connectivity index (χ0) is 31.2. The van der Waals surface area contributed by atoms with Gasteiger partial charge in [0.1, 0.15) is 12.3 Å². The van der Waals surface area contributed by atoms with E-state index in [1.807, 2.05) is 73.8 Å². The molecule has 0 amide bonds. The second-order valence-electron chi connectivity index (χ2n) is 10.8. The molecule has 0 saturated carbocycles. The van der Waals surface area contributed by atoms with E-state index in [0.29, 0.717) is 0 Å². The van der Waals surface area contributed by atoms with Crippen molar-refractivity contribution in [2.24, 2.45) is 0 Å². The average molecular weight is 635 g/mol. The molecule has 0 aliphatic carbocycles. The number of aryl methyl sites for hydroxylation is 2. The topological polar surface area (TPSA) is 131 Å². The monoisotopic (exact) mass is 634 g/mol. The summed E-state index contributed by atoms with van der Waals surface area (Å²) >= 11 is 0. The first-order valence-corrected chi connectivity index (χ1v) is 17.7. The highest BCUT2D eigenvalue weighted by Crippen LogP contribution is 2.34. The van der Waals surface area contributed by atoms with E-state index >= 15 is 0 Å². The first-order chi connectivity index (χ1) is 21.0. The van der Waals surface area contributed by atoms with Crippen molar-refractivity contribution < 1.29 is 47.0 Å². The number of hydrogen-bond donors (Lipinski definition) is 4. The van der Waals surface area contributed by atoms with E-state index in [1.54, 1.807) is 9.13 Å². The van der Waals surface area contributed by atoms with E-state index in [2.05, 4.69) is 57.7 Å². The van der Waals surface area contributed by atoms with Gasteiger partial charge < -0.3 is 19.6 Å². The molecule has 4 heterocycles. The summed E-state index contributed by atoms with van der Waals surface area (Å²) in [5.74, 6) is 0. The molecule has 1 aromatic carbocycles. The van der Waals surface area contributed by atoms with Crippen molar-refractivity contribution in [2.45, 2.75) is 26.2 Å². The van der Waals surface area contributed by atoms with Gasteiger partial charge in [-0.2, -0.15) is 0 Å².